The highest BCUT2D eigenvalue weighted by molar-refractivity contribution is 6.22. The standard InChI is InChI=1S/C6H11ClO2/c1-3-5(7)6(2,9)4-8/h4-5,9H,3H2,1-2H3. The fourth-order valence-electron chi connectivity index (χ4n) is 0.487. The lowest BCUT2D eigenvalue weighted by Crippen LogP contribution is -2.36. The maximum atomic E-state index is 10.1. The average Bonchev–Trinajstić information content (AvgIpc) is 1.86. The van der Waals surface area contributed by atoms with Gasteiger partial charge in [0, 0.05) is 0 Å². The molecular weight excluding hydrogens is 140 g/mol. The van der Waals surface area contributed by atoms with Gasteiger partial charge >= 0.3 is 0 Å². The Kier molecular flexibility index (Phi) is 3.15. The van der Waals surface area contributed by atoms with Crippen LogP contribution in [0.5, 0.6) is 0 Å². The Morgan fingerprint density at radius 1 is 1.89 bits per heavy atom. The second kappa shape index (κ2) is 3.18. The minimum Gasteiger partial charge on any atom is -0.381 e. The first kappa shape index (κ1) is 8.92. The first-order valence-electron chi connectivity index (χ1n) is 2.87. The van der Waals surface area contributed by atoms with E-state index in [-0.39, 0.29) is 0 Å². The maximum absolute atomic E-state index is 10.1. The molecule has 0 aliphatic rings. The summed E-state index contributed by atoms with van der Waals surface area (Å²) in [6.07, 6.45) is 1.06. The SMILES string of the molecule is CCC(Cl)C(C)(O)C=O. The molecule has 0 rings (SSSR count). The molecule has 54 valence electrons. The molecule has 0 aliphatic carbocycles. The van der Waals surface area contributed by atoms with E-state index in [9.17, 15) is 4.79 Å². The average molecular weight is 151 g/mol. The van der Waals surface area contributed by atoms with E-state index in [4.69, 9.17) is 16.7 Å². The summed E-state index contributed by atoms with van der Waals surface area (Å²) in [5.41, 5.74) is -1.36. The third-order valence-electron chi connectivity index (χ3n) is 1.23. The van der Waals surface area contributed by atoms with E-state index in [1.165, 1.54) is 6.92 Å². The lowest BCUT2D eigenvalue weighted by Gasteiger charge is -2.20. The van der Waals surface area contributed by atoms with E-state index in [1.807, 2.05) is 6.92 Å². The van der Waals surface area contributed by atoms with Crippen molar-refractivity contribution in [3.8, 4) is 0 Å². The lowest BCUT2D eigenvalue weighted by molar-refractivity contribution is -0.122. The van der Waals surface area contributed by atoms with Crippen LogP contribution in [0.2, 0.25) is 0 Å². The zero-order valence-corrected chi connectivity index (χ0v) is 6.35. The van der Waals surface area contributed by atoms with Crippen molar-refractivity contribution in [3.63, 3.8) is 0 Å². The summed E-state index contributed by atoms with van der Waals surface area (Å²) in [6, 6.07) is 0. The summed E-state index contributed by atoms with van der Waals surface area (Å²) in [5.74, 6) is 0. The monoisotopic (exact) mass is 150 g/mol. The van der Waals surface area contributed by atoms with Crippen LogP contribution in [-0.2, 0) is 4.79 Å². The predicted molar refractivity (Wildman–Crippen MR) is 36.6 cm³/mol. The smallest absolute Gasteiger partial charge is 0.152 e. The predicted octanol–water partition coefficient (Wildman–Crippen LogP) is 0.954. The summed E-state index contributed by atoms with van der Waals surface area (Å²) in [4.78, 5) is 10.1. The van der Waals surface area contributed by atoms with Crippen molar-refractivity contribution in [2.24, 2.45) is 0 Å². The zero-order valence-electron chi connectivity index (χ0n) is 5.60. The van der Waals surface area contributed by atoms with E-state index >= 15 is 0 Å². The molecule has 0 saturated heterocycles. The number of carbonyl (C=O) groups is 1. The van der Waals surface area contributed by atoms with Crippen molar-refractivity contribution in [1.29, 1.82) is 0 Å². The molecule has 0 amide bonds. The zero-order chi connectivity index (χ0) is 7.49. The highest BCUT2D eigenvalue weighted by Crippen LogP contribution is 2.15. The normalized spacial score (nSPS) is 20.4. The molecule has 2 nitrogen and oxygen atoms in total. The molecule has 1 N–H and O–H groups in total. The Morgan fingerprint density at radius 3 is 2.44 bits per heavy atom. The minimum absolute atomic E-state index is 0.466. The number of alkyl halides is 1. The second-order valence-electron chi connectivity index (χ2n) is 2.22. The van der Waals surface area contributed by atoms with Crippen LogP contribution in [0.15, 0.2) is 0 Å². The minimum atomic E-state index is -1.36. The molecule has 0 fully saturated rings. The summed E-state index contributed by atoms with van der Waals surface area (Å²) in [6.45, 7) is 3.22. The molecular formula is C6H11ClO2. The van der Waals surface area contributed by atoms with Crippen LogP contribution in [0.3, 0.4) is 0 Å². The fourth-order valence-corrected chi connectivity index (χ4v) is 0.539. The number of aliphatic hydroxyl groups is 1. The molecule has 0 spiro atoms. The van der Waals surface area contributed by atoms with Crippen LogP contribution < -0.4 is 0 Å². The summed E-state index contributed by atoms with van der Waals surface area (Å²) >= 11 is 5.58. The highest BCUT2D eigenvalue weighted by atomic mass is 35.5. The van der Waals surface area contributed by atoms with Crippen LogP contribution in [0, 0.1) is 0 Å². The first-order chi connectivity index (χ1) is 4.04. The van der Waals surface area contributed by atoms with Gasteiger partial charge in [-0.05, 0) is 13.3 Å². The molecule has 2 atom stereocenters. The van der Waals surface area contributed by atoms with Gasteiger partial charge in [-0.15, -0.1) is 11.6 Å². The van der Waals surface area contributed by atoms with Gasteiger partial charge < -0.3 is 9.90 Å². The summed E-state index contributed by atoms with van der Waals surface area (Å²) in [5, 5.41) is 8.61. The topological polar surface area (TPSA) is 37.3 Å². The maximum Gasteiger partial charge on any atom is 0.152 e. The number of halogens is 1. The largest absolute Gasteiger partial charge is 0.381 e. The Hall–Kier alpha value is -0.0800. The second-order valence-corrected chi connectivity index (χ2v) is 2.75. The Morgan fingerprint density at radius 2 is 2.33 bits per heavy atom. The van der Waals surface area contributed by atoms with E-state index in [2.05, 4.69) is 0 Å². The Bertz CT molecular complexity index is 101. The lowest BCUT2D eigenvalue weighted by atomic mass is 10.0. The number of aldehydes is 1. The third-order valence-corrected chi connectivity index (χ3v) is 1.98. The van der Waals surface area contributed by atoms with Crippen LogP contribution in [0.25, 0.3) is 0 Å². The van der Waals surface area contributed by atoms with Crippen LogP contribution in [0.4, 0.5) is 0 Å². The molecule has 9 heavy (non-hydrogen) atoms. The van der Waals surface area contributed by atoms with Gasteiger partial charge in [-0.3, -0.25) is 0 Å². The number of carbonyl (C=O) groups excluding carboxylic acids is 1. The van der Waals surface area contributed by atoms with Crippen molar-refractivity contribution in [1.82, 2.24) is 0 Å². The molecule has 0 aromatic carbocycles. The molecule has 0 bridgehead atoms. The van der Waals surface area contributed by atoms with Crippen molar-refractivity contribution in [2.45, 2.75) is 31.2 Å². The van der Waals surface area contributed by atoms with Gasteiger partial charge in [-0.25, -0.2) is 0 Å². The number of hydrogen-bond donors (Lipinski definition) is 1. The van der Waals surface area contributed by atoms with Gasteiger partial charge in [0.25, 0.3) is 0 Å². The van der Waals surface area contributed by atoms with E-state index in [1.54, 1.807) is 0 Å². The van der Waals surface area contributed by atoms with E-state index < -0.39 is 11.0 Å². The molecule has 0 aliphatic heterocycles. The van der Waals surface area contributed by atoms with Gasteiger partial charge in [0.05, 0.1) is 5.38 Å². The highest BCUT2D eigenvalue weighted by Gasteiger charge is 2.27. The molecule has 2 unspecified atom stereocenters. The third kappa shape index (κ3) is 2.33. The molecule has 3 heteroatoms. The van der Waals surface area contributed by atoms with Gasteiger partial charge in [-0.1, -0.05) is 6.92 Å². The first-order valence-corrected chi connectivity index (χ1v) is 3.31. The molecule has 0 heterocycles. The van der Waals surface area contributed by atoms with Crippen molar-refractivity contribution in [2.75, 3.05) is 0 Å². The van der Waals surface area contributed by atoms with Crippen LogP contribution in [0.1, 0.15) is 20.3 Å². The number of hydrogen-bond acceptors (Lipinski definition) is 2. The van der Waals surface area contributed by atoms with E-state index in [0.29, 0.717) is 12.7 Å². The Balaban J connectivity index is 3.95. The molecule has 0 aromatic rings. The van der Waals surface area contributed by atoms with Crippen molar-refractivity contribution >= 4 is 17.9 Å². The van der Waals surface area contributed by atoms with Crippen molar-refractivity contribution in [3.05, 3.63) is 0 Å². The quantitative estimate of drug-likeness (QED) is 0.481. The van der Waals surface area contributed by atoms with Crippen LogP contribution in [-0.4, -0.2) is 22.4 Å². The van der Waals surface area contributed by atoms with Crippen molar-refractivity contribution < 1.29 is 9.90 Å². The van der Waals surface area contributed by atoms with Crippen LogP contribution >= 0.6 is 11.6 Å². The molecule has 0 aromatic heterocycles. The van der Waals surface area contributed by atoms with Gasteiger partial charge in [0.2, 0.25) is 0 Å². The van der Waals surface area contributed by atoms with Gasteiger partial charge in [0.15, 0.2) is 6.29 Å². The molecule has 0 radical (unpaired) electrons. The van der Waals surface area contributed by atoms with Gasteiger partial charge in [0.1, 0.15) is 5.60 Å². The number of rotatable bonds is 3. The van der Waals surface area contributed by atoms with Gasteiger partial charge in [-0.2, -0.15) is 0 Å². The summed E-state index contributed by atoms with van der Waals surface area (Å²) < 4.78 is 0. The Labute approximate surface area is 59.8 Å². The molecule has 0 saturated carbocycles. The summed E-state index contributed by atoms with van der Waals surface area (Å²) in [7, 11) is 0. The van der Waals surface area contributed by atoms with E-state index in [0.717, 1.165) is 0 Å². The fraction of sp³-hybridized carbons (Fsp3) is 0.833.